The van der Waals surface area contributed by atoms with Crippen LogP contribution in [0.1, 0.15) is 20.8 Å². The molecule has 0 saturated heterocycles. The molecule has 0 spiro atoms. The highest BCUT2D eigenvalue weighted by Crippen LogP contribution is 1.85. The molecule has 2 heteroatoms. The van der Waals surface area contributed by atoms with E-state index < -0.39 is 0 Å². The van der Waals surface area contributed by atoms with Gasteiger partial charge in [-0.3, -0.25) is 4.84 Å². The Balaban J connectivity index is 3.07. The van der Waals surface area contributed by atoms with Crippen LogP contribution < -0.4 is 0 Å². The summed E-state index contributed by atoms with van der Waals surface area (Å²) in [6.07, 6.45) is 0. The molecular formula is C6H15NO. The predicted molar refractivity (Wildman–Crippen MR) is 34.5 cm³/mol. The molecule has 0 aromatic carbocycles. The highest BCUT2D eigenvalue weighted by atomic mass is 16.7. The van der Waals surface area contributed by atoms with Gasteiger partial charge in [0.15, 0.2) is 0 Å². The first-order valence-corrected chi connectivity index (χ1v) is 3.23. The van der Waals surface area contributed by atoms with Gasteiger partial charge in [-0.15, -0.1) is 0 Å². The highest BCUT2D eigenvalue weighted by molar-refractivity contribution is 4.31. The van der Waals surface area contributed by atoms with Gasteiger partial charge in [-0.2, -0.15) is 5.06 Å². The van der Waals surface area contributed by atoms with Gasteiger partial charge in [0.25, 0.3) is 0 Å². The Morgan fingerprint density at radius 1 is 1.12 bits per heavy atom. The Morgan fingerprint density at radius 2 is 1.62 bits per heavy atom. The zero-order valence-corrected chi connectivity index (χ0v) is 5.98. The maximum Gasteiger partial charge on any atom is 0.0656 e. The lowest BCUT2D eigenvalue weighted by molar-refractivity contribution is -0.147. The third-order valence-electron chi connectivity index (χ3n) is 1.02. The second kappa shape index (κ2) is 5.06. The first-order valence-electron chi connectivity index (χ1n) is 3.23. The maximum atomic E-state index is 5.17. The van der Waals surface area contributed by atoms with E-state index in [0.717, 1.165) is 19.7 Å². The SMILES string of the molecule is CCON(CC)CC. The summed E-state index contributed by atoms with van der Waals surface area (Å²) < 4.78 is 0. The van der Waals surface area contributed by atoms with Gasteiger partial charge < -0.3 is 0 Å². The molecule has 0 aliphatic carbocycles. The molecule has 0 aliphatic heterocycles. The van der Waals surface area contributed by atoms with E-state index in [1.54, 1.807) is 0 Å². The van der Waals surface area contributed by atoms with Gasteiger partial charge in [-0.25, -0.2) is 0 Å². The van der Waals surface area contributed by atoms with Crippen molar-refractivity contribution in [2.45, 2.75) is 20.8 Å². The van der Waals surface area contributed by atoms with E-state index in [2.05, 4.69) is 13.8 Å². The Hall–Kier alpha value is -0.0800. The van der Waals surface area contributed by atoms with E-state index in [1.807, 2.05) is 12.0 Å². The average molecular weight is 117 g/mol. The molecule has 0 rings (SSSR count). The van der Waals surface area contributed by atoms with Crippen molar-refractivity contribution >= 4 is 0 Å². The minimum absolute atomic E-state index is 0.779. The monoisotopic (exact) mass is 117 g/mol. The van der Waals surface area contributed by atoms with E-state index in [9.17, 15) is 0 Å². The molecule has 50 valence electrons. The van der Waals surface area contributed by atoms with Crippen LogP contribution in [0.25, 0.3) is 0 Å². The van der Waals surface area contributed by atoms with Crippen LogP contribution in [0.3, 0.4) is 0 Å². The van der Waals surface area contributed by atoms with Crippen molar-refractivity contribution in [1.82, 2.24) is 5.06 Å². The van der Waals surface area contributed by atoms with Gasteiger partial charge in [0.1, 0.15) is 0 Å². The van der Waals surface area contributed by atoms with Crippen LogP contribution in [-0.2, 0) is 4.84 Å². The molecule has 0 fully saturated rings. The summed E-state index contributed by atoms with van der Waals surface area (Å²) in [5.41, 5.74) is 0. The molecule has 0 N–H and O–H groups in total. The minimum Gasteiger partial charge on any atom is -0.299 e. The summed E-state index contributed by atoms with van der Waals surface area (Å²) in [4.78, 5) is 5.17. The Bertz CT molecular complexity index is 43.8. The quantitative estimate of drug-likeness (QED) is 0.514. The molecular weight excluding hydrogens is 102 g/mol. The lowest BCUT2D eigenvalue weighted by Gasteiger charge is -2.15. The van der Waals surface area contributed by atoms with E-state index >= 15 is 0 Å². The van der Waals surface area contributed by atoms with Crippen LogP contribution in [0.5, 0.6) is 0 Å². The summed E-state index contributed by atoms with van der Waals surface area (Å²) in [5.74, 6) is 0. The lowest BCUT2D eigenvalue weighted by Crippen LogP contribution is -2.22. The van der Waals surface area contributed by atoms with Crippen molar-refractivity contribution in [3.8, 4) is 0 Å². The van der Waals surface area contributed by atoms with Crippen molar-refractivity contribution in [3.05, 3.63) is 0 Å². The lowest BCUT2D eigenvalue weighted by atomic mass is 10.6. The van der Waals surface area contributed by atoms with Crippen molar-refractivity contribution in [2.75, 3.05) is 19.7 Å². The van der Waals surface area contributed by atoms with Crippen LogP contribution in [0.15, 0.2) is 0 Å². The van der Waals surface area contributed by atoms with Crippen molar-refractivity contribution in [2.24, 2.45) is 0 Å². The molecule has 8 heavy (non-hydrogen) atoms. The first-order chi connectivity index (χ1) is 3.85. The number of hydrogen-bond acceptors (Lipinski definition) is 2. The van der Waals surface area contributed by atoms with Gasteiger partial charge in [-0.1, -0.05) is 13.8 Å². The summed E-state index contributed by atoms with van der Waals surface area (Å²) in [7, 11) is 0. The summed E-state index contributed by atoms with van der Waals surface area (Å²) in [6.45, 7) is 8.90. The fourth-order valence-corrected chi connectivity index (χ4v) is 0.589. The van der Waals surface area contributed by atoms with E-state index in [0.29, 0.717) is 0 Å². The Morgan fingerprint density at radius 3 is 1.75 bits per heavy atom. The summed E-state index contributed by atoms with van der Waals surface area (Å²) in [5, 5.41) is 1.93. The molecule has 0 aliphatic rings. The molecule has 0 bridgehead atoms. The molecule has 0 atom stereocenters. The largest absolute Gasteiger partial charge is 0.299 e. The van der Waals surface area contributed by atoms with Crippen LogP contribution in [-0.4, -0.2) is 24.8 Å². The molecule has 0 aromatic heterocycles. The minimum atomic E-state index is 0.779. The molecule has 0 heterocycles. The Labute approximate surface area is 51.4 Å². The number of rotatable bonds is 4. The summed E-state index contributed by atoms with van der Waals surface area (Å²) >= 11 is 0. The zero-order valence-electron chi connectivity index (χ0n) is 5.98. The molecule has 0 amide bonds. The predicted octanol–water partition coefficient (Wildman–Crippen LogP) is 1.28. The van der Waals surface area contributed by atoms with Gasteiger partial charge in [0, 0.05) is 13.1 Å². The first kappa shape index (κ1) is 7.92. The fourth-order valence-electron chi connectivity index (χ4n) is 0.589. The zero-order chi connectivity index (χ0) is 6.41. The maximum absolute atomic E-state index is 5.17. The molecule has 0 aromatic rings. The smallest absolute Gasteiger partial charge is 0.0656 e. The van der Waals surface area contributed by atoms with Crippen molar-refractivity contribution < 1.29 is 4.84 Å². The van der Waals surface area contributed by atoms with Crippen LogP contribution in [0.4, 0.5) is 0 Å². The number of nitrogens with zero attached hydrogens (tertiary/aromatic N) is 1. The molecule has 0 saturated carbocycles. The third-order valence-corrected chi connectivity index (χ3v) is 1.02. The van der Waals surface area contributed by atoms with E-state index in [1.165, 1.54) is 0 Å². The van der Waals surface area contributed by atoms with Gasteiger partial charge in [0.05, 0.1) is 6.61 Å². The standard InChI is InChI=1S/C6H15NO/c1-4-7(5-2)8-6-3/h4-6H2,1-3H3. The normalized spacial score (nSPS) is 10.5. The molecule has 0 radical (unpaired) electrons. The van der Waals surface area contributed by atoms with Gasteiger partial charge in [-0.05, 0) is 6.92 Å². The Kier molecular flexibility index (Phi) is 5.01. The topological polar surface area (TPSA) is 12.5 Å². The van der Waals surface area contributed by atoms with Crippen LogP contribution in [0.2, 0.25) is 0 Å². The average Bonchev–Trinajstić information content (AvgIpc) is 1.83. The third kappa shape index (κ3) is 2.99. The second-order valence-electron chi connectivity index (χ2n) is 1.53. The van der Waals surface area contributed by atoms with E-state index in [4.69, 9.17) is 4.84 Å². The van der Waals surface area contributed by atoms with Gasteiger partial charge in [0.2, 0.25) is 0 Å². The van der Waals surface area contributed by atoms with Crippen molar-refractivity contribution in [3.63, 3.8) is 0 Å². The highest BCUT2D eigenvalue weighted by Gasteiger charge is 1.93. The van der Waals surface area contributed by atoms with Crippen LogP contribution >= 0.6 is 0 Å². The fraction of sp³-hybridized carbons (Fsp3) is 1.00. The summed E-state index contributed by atoms with van der Waals surface area (Å²) in [6, 6.07) is 0. The number of hydroxylamine groups is 2. The second-order valence-corrected chi connectivity index (χ2v) is 1.53. The van der Waals surface area contributed by atoms with Gasteiger partial charge >= 0.3 is 0 Å². The number of hydrogen-bond donors (Lipinski definition) is 0. The van der Waals surface area contributed by atoms with Crippen molar-refractivity contribution in [1.29, 1.82) is 0 Å². The van der Waals surface area contributed by atoms with Crippen LogP contribution in [0, 0.1) is 0 Å². The molecule has 2 nitrogen and oxygen atoms in total. The molecule has 0 unspecified atom stereocenters. The van der Waals surface area contributed by atoms with E-state index in [-0.39, 0.29) is 0 Å².